The molecule has 1 heterocycles. The highest BCUT2D eigenvalue weighted by Crippen LogP contribution is 2.39. The Morgan fingerprint density at radius 1 is 1.43 bits per heavy atom. The number of nitrogens with zero attached hydrogens (tertiary/aromatic N) is 2. The van der Waals surface area contributed by atoms with Gasteiger partial charge in [-0.2, -0.15) is 4.37 Å². The van der Waals surface area contributed by atoms with E-state index in [1.54, 1.807) is 0 Å². The van der Waals surface area contributed by atoms with Crippen molar-refractivity contribution in [2.75, 3.05) is 17.2 Å². The lowest BCUT2D eigenvalue weighted by Crippen LogP contribution is -2.31. The quantitative estimate of drug-likeness (QED) is 0.812. The second kappa shape index (κ2) is 5.83. The Labute approximate surface area is 130 Å². The number of nitrogen functional groups attached to an aromatic ring is 1. The van der Waals surface area contributed by atoms with Gasteiger partial charge in [0.1, 0.15) is 10.6 Å². The van der Waals surface area contributed by atoms with Gasteiger partial charge < -0.3 is 16.0 Å². The van der Waals surface area contributed by atoms with E-state index in [9.17, 15) is 4.79 Å². The number of nitrogens with two attached hydrogens (primary N) is 1. The number of hydrogen-bond acceptors (Lipinski definition) is 5. The molecule has 0 spiro atoms. The van der Waals surface area contributed by atoms with Gasteiger partial charge in [-0.1, -0.05) is 13.8 Å². The second-order valence-electron chi connectivity index (χ2n) is 6.60. The summed E-state index contributed by atoms with van der Waals surface area (Å²) >= 11 is 1.37. The molecule has 6 heteroatoms. The van der Waals surface area contributed by atoms with E-state index >= 15 is 0 Å². The fraction of sp³-hybridized carbons (Fsp3) is 0.733. The third-order valence-electron chi connectivity index (χ3n) is 4.04. The highest BCUT2D eigenvalue weighted by atomic mass is 32.1. The van der Waals surface area contributed by atoms with Crippen LogP contribution < -0.4 is 16.0 Å². The van der Waals surface area contributed by atoms with Gasteiger partial charge in [0.25, 0.3) is 5.91 Å². The lowest BCUT2D eigenvalue weighted by Gasteiger charge is -2.24. The first-order valence-corrected chi connectivity index (χ1v) is 8.66. The Morgan fingerprint density at radius 3 is 2.71 bits per heavy atom. The first kappa shape index (κ1) is 14.6. The van der Waals surface area contributed by atoms with Crippen LogP contribution in [0, 0.1) is 5.92 Å². The Morgan fingerprint density at radius 2 is 2.14 bits per heavy atom. The molecule has 116 valence electrons. The van der Waals surface area contributed by atoms with E-state index in [-0.39, 0.29) is 5.91 Å². The monoisotopic (exact) mass is 308 g/mol. The van der Waals surface area contributed by atoms with Crippen LogP contribution in [-0.2, 0) is 0 Å². The van der Waals surface area contributed by atoms with E-state index in [2.05, 4.69) is 28.4 Å². The van der Waals surface area contributed by atoms with Crippen molar-refractivity contribution in [3.63, 3.8) is 0 Å². The van der Waals surface area contributed by atoms with E-state index < -0.39 is 0 Å². The van der Waals surface area contributed by atoms with Crippen molar-refractivity contribution in [1.29, 1.82) is 0 Å². The molecule has 0 radical (unpaired) electrons. The van der Waals surface area contributed by atoms with Crippen molar-refractivity contribution in [2.45, 2.75) is 58.0 Å². The number of nitrogens with one attached hydrogen (secondary N) is 1. The molecule has 2 saturated carbocycles. The molecule has 2 fully saturated rings. The number of anilines is 2. The summed E-state index contributed by atoms with van der Waals surface area (Å²) in [5, 5.41) is 4.00. The maximum atomic E-state index is 12.4. The van der Waals surface area contributed by atoms with Gasteiger partial charge in [-0.3, -0.25) is 4.79 Å². The molecule has 1 amide bonds. The van der Waals surface area contributed by atoms with Crippen molar-refractivity contribution < 1.29 is 4.79 Å². The molecule has 3 N–H and O–H groups in total. The van der Waals surface area contributed by atoms with Crippen LogP contribution in [0.25, 0.3) is 0 Å². The van der Waals surface area contributed by atoms with Gasteiger partial charge >= 0.3 is 0 Å². The van der Waals surface area contributed by atoms with Crippen LogP contribution in [0.1, 0.15) is 56.3 Å². The molecule has 0 saturated heterocycles. The van der Waals surface area contributed by atoms with E-state index in [1.807, 2.05) is 0 Å². The first-order chi connectivity index (χ1) is 10.1. The van der Waals surface area contributed by atoms with Crippen LogP contribution in [-0.4, -0.2) is 28.9 Å². The third kappa shape index (κ3) is 3.48. The minimum Gasteiger partial charge on any atom is -0.382 e. The van der Waals surface area contributed by atoms with Crippen LogP contribution in [0.15, 0.2) is 0 Å². The largest absolute Gasteiger partial charge is 0.382 e. The van der Waals surface area contributed by atoms with E-state index in [0.29, 0.717) is 29.4 Å². The lowest BCUT2D eigenvalue weighted by atomic mass is 10.1. The van der Waals surface area contributed by atoms with Crippen molar-refractivity contribution in [1.82, 2.24) is 9.69 Å². The number of hydrogen-bond donors (Lipinski definition) is 2. The molecule has 0 atom stereocenters. The average Bonchev–Trinajstić information content (AvgIpc) is 3.31. The zero-order chi connectivity index (χ0) is 15.0. The molecule has 2 aliphatic carbocycles. The normalized spacial score (nSPS) is 18.0. The molecule has 0 aromatic carbocycles. The second-order valence-corrected chi connectivity index (χ2v) is 7.35. The molecule has 5 nitrogen and oxygen atoms in total. The Kier molecular flexibility index (Phi) is 4.06. The SMILES string of the molecule is CC(C)CCN(c1snc(N)c1C(=O)NC1CC1)C1CC1. The van der Waals surface area contributed by atoms with Crippen LogP contribution in [0.3, 0.4) is 0 Å². The standard InChI is InChI=1S/C15H24N4OS/c1-9(2)7-8-19(11-5-6-11)15-12(13(16)18-21-15)14(20)17-10-3-4-10/h9-11H,3-8H2,1-2H3,(H2,16,18)(H,17,20). The van der Waals surface area contributed by atoms with Gasteiger partial charge in [0, 0.05) is 18.6 Å². The predicted octanol–water partition coefficient (Wildman–Crippen LogP) is 2.63. The summed E-state index contributed by atoms with van der Waals surface area (Å²) in [7, 11) is 0. The summed E-state index contributed by atoms with van der Waals surface area (Å²) in [6.07, 6.45) is 5.70. The lowest BCUT2D eigenvalue weighted by molar-refractivity contribution is 0.0952. The summed E-state index contributed by atoms with van der Waals surface area (Å²) < 4.78 is 4.24. The van der Waals surface area contributed by atoms with Crippen LogP contribution in [0.5, 0.6) is 0 Å². The van der Waals surface area contributed by atoms with Gasteiger partial charge in [0.2, 0.25) is 0 Å². The molecule has 0 unspecified atom stereocenters. The molecule has 3 rings (SSSR count). The van der Waals surface area contributed by atoms with Crippen molar-refractivity contribution >= 4 is 28.3 Å². The molecule has 0 bridgehead atoms. The first-order valence-electron chi connectivity index (χ1n) is 7.89. The van der Waals surface area contributed by atoms with Gasteiger partial charge in [0.05, 0.1) is 0 Å². The molecular formula is C15H24N4OS. The highest BCUT2D eigenvalue weighted by molar-refractivity contribution is 7.11. The number of carbonyl (C=O) groups excluding carboxylic acids is 1. The van der Waals surface area contributed by atoms with Gasteiger partial charge in [0.15, 0.2) is 5.82 Å². The van der Waals surface area contributed by atoms with Crippen LogP contribution in [0.4, 0.5) is 10.8 Å². The molecule has 1 aromatic heterocycles. The molecule has 1 aromatic rings. The Bertz CT molecular complexity index is 520. The topological polar surface area (TPSA) is 71.2 Å². The third-order valence-corrected chi connectivity index (χ3v) is 4.94. The maximum absolute atomic E-state index is 12.4. The van der Waals surface area contributed by atoms with Gasteiger partial charge in [-0.15, -0.1) is 0 Å². The number of amides is 1. The van der Waals surface area contributed by atoms with E-state index in [4.69, 9.17) is 5.73 Å². The fourth-order valence-corrected chi connectivity index (χ4v) is 3.33. The zero-order valence-corrected chi connectivity index (χ0v) is 13.6. The summed E-state index contributed by atoms with van der Waals surface area (Å²) in [6.45, 7) is 5.44. The number of carbonyl (C=O) groups is 1. The smallest absolute Gasteiger partial charge is 0.258 e. The minimum absolute atomic E-state index is 0.0473. The van der Waals surface area contributed by atoms with E-state index in [1.165, 1.54) is 24.4 Å². The predicted molar refractivity (Wildman–Crippen MR) is 86.8 cm³/mol. The van der Waals surface area contributed by atoms with Crippen molar-refractivity contribution in [3.05, 3.63) is 5.56 Å². The van der Waals surface area contributed by atoms with E-state index in [0.717, 1.165) is 30.8 Å². The molecule has 0 aliphatic heterocycles. The van der Waals surface area contributed by atoms with Crippen LogP contribution >= 0.6 is 11.5 Å². The fourth-order valence-electron chi connectivity index (χ4n) is 2.42. The minimum atomic E-state index is -0.0473. The van der Waals surface area contributed by atoms with Gasteiger partial charge in [-0.05, 0) is 49.6 Å². The Balaban J connectivity index is 1.79. The Hall–Kier alpha value is -1.30. The number of rotatable bonds is 7. The number of aromatic nitrogens is 1. The molecular weight excluding hydrogens is 284 g/mol. The van der Waals surface area contributed by atoms with Crippen molar-refractivity contribution in [2.24, 2.45) is 5.92 Å². The maximum Gasteiger partial charge on any atom is 0.258 e. The van der Waals surface area contributed by atoms with Gasteiger partial charge in [-0.25, -0.2) is 0 Å². The summed E-state index contributed by atoms with van der Waals surface area (Å²) in [5.74, 6) is 0.984. The summed E-state index contributed by atoms with van der Waals surface area (Å²) in [5.41, 5.74) is 6.56. The van der Waals surface area contributed by atoms with Crippen molar-refractivity contribution in [3.8, 4) is 0 Å². The zero-order valence-electron chi connectivity index (χ0n) is 12.8. The average molecular weight is 308 g/mol. The highest BCUT2D eigenvalue weighted by Gasteiger charge is 2.35. The van der Waals surface area contributed by atoms with Crippen LogP contribution in [0.2, 0.25) is 0 Å². The summed E-state index contributed by atoms with van der Waals surface area (Å²) in [6, 6.07) is 0.908. The summed E-state index contributed by atoms with van der Waals surface area (Å²) in [4.78, 5) is 14.8. The molecule has 2 aliphatic rings. The molecule has 21 heavy (non-hydrogen) atoms.